The van der Waals surface area contributed by atoms with Crippen molar-refractivity contribution >= 4 is 16.9 Å². The number of hydrogen-bond donors (Lipinski definition) is 1. The lowest BCUT2D eigenvalue weighted by molar-refractivity contribution is 0.0907. The lowest BCUT2D eigenvalue weighted by Crippen LogP contribution is -2.35. The second-order valence-corrected chi connectivity index (χ2v) is 8.06. The van der Waals surface area contributed by atoms with Crippen LogP contribution in [-0.4, -0.2) is 47.1 Å². The Hall–Kier alpha value is -2.67. The number of carbonyl (C=O) groups excluding carboxylic acids is 1. The first-order valence-corrected chi connectivity index (χ1v) is 10.4. The number of amides is 1. The number of nitrogens with one attached hydrogen (secondary N) is 1. The van der Waals surface area contributed by atoms with E-state index < -0.39 is 0 Å². The minimum absolute atomic E-state index is 0.0385. The molecule has 2 aromatic heterocycles. The van der Waals surface area contributed by atoms with Crippen molar-refractivity contribution in [1.82, 2.24) is 20.4 Å². The maximum absolute atomic E-state index is 12.3. The Kier molecular flexibility index (Phi) is 5.67. The molecule has 1 amide bonds. The van der Waals surface area contributed by atoms with E-state index in [9.17, 15) is 4.79 Å². The molecule has 1 N–H and O–H groups in total. The zero-order chi connectivity index (χ0) is 20.4. The molecule has 7 nitrogen and oxygen atoms in total. The number of piperidine rings is 1. The van der Waals surface area contributed by atoms with E-state index in [0.29, 0.717) is 18.1 Å². The van der Waals surface area contributed by atoms with Crippen LogP contribution in [0.1, 0.15) is 48.0 Å². The van der Waals surface area contributed by atoms with Crippen molar-refractivity contribution < 1.29 is 13.7 Å². The number of likely N-dealkylation sites (tertiary alicyclic amines) is 1. The van der Waals surface area contributed by atoms with Crippen molar-refractivity contribution in [3.63, 3.8) is 0 Å². The third kappa shape index (κ3) is 4.19. The Labute approximate surface area is 170 Å². The van der Waals surface area contributed by atoms with Gasteiger partial charge in [-0.05, 0) is 64.2 Å². The Bertz CT molecular complexity index is 999. The van der Waals surface area contributed by atoms with E-state index in [0.717, 1.165) is 54.1 Å². The summed E-state index contributed by atoms with van der Waals surface area (Å²) in [6.07, 6.45) is 3.43. The molecule has 1 fully saturated rings. The van der Waals surface area contributed by atoms with Gasteiger partial charge in [-0.25, -0.2) is 0 Å². The first-order chi connectivity index (χ1) is 14.0. The third-order valence-electron chi connectivity index (χ3n) is 5.80. The van der Waals surface area contributed by atoms with E-state index in [1.54, 1.807) is 0 Å². The maximum atomic E-state index is 12.3. The van der Waals surface area contributed by atoms with Crippen LogP contribution in [0.15, 0.2) is 27.1 Å². The molecule has 0 saturated carbocycles. The van der Waals surface area contributed by atoms with E-state index in [2.05, 4.69) is 27.3 Å². The molecule has 1 saturated heterocycles. The predicted molar refractivity (Wildman–Crippen MR) is 111 cm³/mol. The minimum Gasteiger partial charge on any atom is -0.452 e. The smallest absolute Gasteiger partial charge is 0.316 e. The molecular formula is C22H28N4O3. The maximum Gasteiger partial charge on any atom is 0.316 e. The molecule has 0 spiro atoms. The standard InChI is InChI=1S/C22H28N4O3/c1-14-8-12-26(13-9-14)11-5-10-23-21(27)22-24-20(25-29-22)19-16(3)17-7-4-6-15(2)18(17)28-19/h4,6-7,14H,5,8-13H2,1-3H3,(H,23,27). The highest BCUT2D eigenvalue weighted by Crippen LogP contribution is 2.33. The average Bonchev–Trinajstić information content (AvgIpc) is 3.33. The molecule has 0 bridgehead atoms. The van der Waals surface area contributed by atoms with Gasteiger partial charge in [-0.2, -0.15) is 4.98 Å². The lowest BCUT2D eigenvalue weighted by Gasteiger charge is -2.30. The molecule has 154 valence electrons. The SMILES string of the molecule is Cc1c(-c2noc(C(=O)NCCCN3CCC(C)CC3)n2)oc2c(C)cccc12. The van der Waals surface area contributed by atoms with Crippen LogP contribution in [0.25, 0.3) is 22.6 Å². The summed E-state index contributed by atoms with van der Waals surface area (Å²) in [5.74, 6) is 1.28. The molecule has 1 aliphatic rings. The van der Waals surface area contributed by atoms with Gasteiger partial charge in [0.15, 0.2) is 5.76 Å². The molecule has 0 unspecified atom stereocenters. The van der Waals surface area contributed by atoms with Gasteiger partial charge in [0.1, 0.15) is 5.58 Å². The Morgan fingerprint density at radius 2 is 2.07 bits per heavy atom. The highest BCUT2D eigenvalue weighted by Gasteiger charge is 2.21. The normalized spacial score (nSPS) is 15.8. The van der Waals surface area contributed by atoms with Gasteiger partial charge >= 0.3 is 11.8 Å². The number of rotatable bonds is 6. The summed E-state index contributed by atoms with van der Waals surface area (Å²) in [5.41, 5.74) is 2.79. The predicted octanol–water partition coefficient (Wildman–Crippen LogP) is 3.95. The summed E-state index contributed by atoms with van der Waals surface area (Å²) in [7, 11) is 0. The first-order valence-electron chi connectivity index (χ1n) is 10.4. The number of furan rings is 1. The fraction of sp³-hybridized carbons (Fsp3) is 0.500. The highest BCUT2D eigenvalue weighted by atomic mass is 16.5. The largest absolute Gasteiger partial charge is 0.452 e. The summed E-state index contributed by atoms with van der Waals surface area (Å²) in [4.78, 5) is 19.1. The second-order valence-electron chi connectivity index (χ2n) is 8.06. The fourth-order valence-electron chi connectivity index (χ4n) is 3.87. The van der Waals surface area contributed by atoms with E-state index >= 15 is 0 Å². The summed E-state index contributed by atoms with van der Waals surface area (Å²) in [6.45, 7) is 10.2. The zero-order valence-electron chi connectivity index (χ0n) is 17.3. The molecule has 4 rings (SSSR count). The fourth-order valence-corrected chi connectivity index (χ4v) is 3.87. The second kappa shape index (κ2) is 8.37. The van der Waals surface area contributed by atoms with Gasteiger partial charge in [0.25, 0.3) is 0 Å². The number of nitrogens with zero attached hydrogens (tertiary/aromatic N) is 3. The molecule has 0 atom stereocenters. The quantitative estimate of drug-likeness (QED) is 0.635. The van der Waals surface area contributed by atoms with Crippen molar-refractivity contribution in [2.45, 2.75) is 40.0 Å². The van der Waals surface area contributed by atoms with Crippen molar-refractivity contribution in [3.05, 3.63) is 35.2 Å². The van der Waals surface area contributed by atoms with Crippen molar-refractivity contribution in [2.24, 2.45) is 5.92 Å². The highest BCUT2D eigenvalue weighted by molar-refractivity contribution is 5.91. The van der Waals surface area contributed by atoms with Gasteiger partial charge in [0, 0.05) is 17.5 Å². The number of para-hydroxylation sites is 1. The Morgan fingerprint density at radius 3 is 2.83 bits per heavy atom. The van der Waals surface area contributed by atoms with E-state index in [4.69, 9.17) is 8.94 Å². The van der Waals surface area contributed by atoms with Gasteiger partial charge in [0.05, 0.1) is 0 Å². The lowest BCUT2D eigenvalue weighted by atomic mass is 9.99. The van der Waals surface area contributed by atoms with Crippen molar-refractivity contribution in [1.29, 1.82) is 0 Å². The summed E-state index contributed by atoms with van der Waals surface area (Å²) in [6, 6.07) is 5.99. The molecule has 0 aliphatic carbocycles. The van der Waals surface area contributed by atoms with Crippen LogP contribution in [0.3, 0.4) is 0 Å². The van der Waals surface area contributed by atoms with Crippen molar-refractivity contribution in [3.8, 4) is 11.6 Å². The Balaban J connectivity index is 1.35. The molecule has 3 heterocycles. The number of aromatic nitrogens is 2. The molecule has 1 aliphatic heterocycles. The Morgan fingerprint density at radius 1 is 1.28 bits per heavy atom. The average molecular weight is 396 g/mol. The summed E-state index contributed by atoms with van der Waals surface area (Å²) < 4.78 is 11.1. The van der Waals surface area contributed by atoms with Crippen LogP contribution in [-0.2, 0) is 0 Å². The summed E-state index contributed by atoms with van der Waals surface area (Å²) >= 11 is 0. The van der Waals surface area contributed by atoms with Crippen LogP contribution in [0.5, 0.6) is 0 Å². The molecule has 7 heteroatoms. The van der Waals surface area contributed by atoms with Gasteiger partial charge in [-0.15, -0.1) is 0 Å². The number of fused-ring (bicyclic) bond motifs is 1. The first kappa shape index (κ1) is 19.6. The third-order valence-corrected chi connectivity index (χ3v) is 5.80. The van der Waals surface area contributed by atoms with Crippen LogP contribution in [0.4, 0.5) is 0 Å². The molecular weight excluding hydrogens is 368 g/mol. The molecule has 0 radical (unpaired) electrons. The number of carbonyl (C=O) groups is 1. The van der Waals surface area contributed by atoms with Crippen LogP contribution in [0.2, 0.25) is 0 Å². The van der Waals surface area contributed by atoms with E-state index in [1.807, 2.05) is 32.0 Å². The van der Waals surface area contributed by atoms with Gasteiger partial charge in [-0.1, -0.05) is 30.3 Å². The van der Waals surface area contributed by atoms with Gasteiger partial charge < -0.3 is 19.2 Å². The topological polar surface area (TPSA) is 84.4 Å². The summed E-state index contributed by atoms with van der Waals surface area (Å²) in [5, 5.41) is 7.84. The van der Waals surface area contributed by atoms with E-state index in [1.165, 1.54) is 12.8 Å². The van der Waals surface area contributed by atoms with Crippen molar-refractivity contribution in [2.75, 3.05) is 26.2 Å². The zero-order valence-corrected chi connectivity index (χ0v) is 17.3. The minimum atomic E-state index is -0.346. The molecule has 29 heavy (non-hydrogen) atoms. The molecule has 1 aromatic carbocycles. The van der Waals surface area contributed by atoms with Crippen LogP contribution < -0.4 is 5.32 Å². The number of aryl methyl sites for hydroxylation is 2. The van der Waals surface area contributed by atoms with Gasteiger partial charge in [0.2, 0.25) is 5.82 Å². The van der Waals surface area contributed by atoms with Crippen LogP contribution in [0, 0.1) is 19.8 Å². The van der Waals surface area contributed by atoms with Crippen LogP contribution >= 0.6 is 0 Å². The monoisotopic (exact) mass is 396 g/mol. The number of benzene rings is 1. The number of hydrogen-bond acceptors (Lipinski definition) is 6. The molecule has 3 aromatic rings. The van der Waals surface area contributed by atoms with Gasteiger partial charge in [-0.3, -0.25) is 4.79 Å². The van der Waals surface area contributed by atoms with E-state index in [-0.39, 0.29) is 11.8 Å².